The van der Waals surface area contributed by atoms with Gasteiger partial charge in [-0.3, -0.25) is 4.79 Å². The molecule has 0 radical (unpaired) electrons. The minimum Gasteiger partial charge on any atom is -0.434 e. The first-order valence-corrected chi connectivity index (χ1v) is 15.2. The minimum atomic E-state index is -0.612. The molecule has 0 aliphatic heterocycles. The summed E-state index contributed by atoms with van der Waals surface area (Å²) in [5, 5.41) is 2.98. The zero-order valence-corrected chi connectivity index (χ0v) is 23.7. The highest BCUT2D eigenvalue weighted by molar-refractivity contribution is 5.75. The van der Waals surface area contributed by atoms with Gasteiger partial charge in [0.05, 0.1) is 6.61 Å². The maximum absolute atomic E-state index is 12.0. The summed E-state index contributed by atoms with van der Waals surface area (Å²) in [7, 11) is 0. The van der Waals surface area contributed by atoms with E-state index < -0.39 is 6.16 Å². The molecule has 0 aromatic heterocycles. The molecule has 5 heteroatoms. The average Bonchev–Trinajstić information content (AvgIpc) is 2.84. The number of hydrogen-bond donors (Lipinski definition) is 1. The van der Waals surface area contributed by atoms with Gasteiger partial charge < -0.3 is 14.8 Å². The van der Waals surface area contributed by atoms with Crippen molar-refractivity contribution in [1.29, 1.82) is 0 Å². The van der Waals surface area contributed by atoms with Crippen molar-refractivity contribution in [3.8, 4) is 0 Å². The number of amides is 1. The molecular weight excluding hydrogens is 438 g/mol. The molecule has 0 rings (SSSR count). The van der Waals surface area contributed by atoms with Gasteiger partial charge in [-0.05, 0) is 26.2 Å². The van der Waals surface area contributed by atoms with Gasteiger partial charge in [0.25, 0.3) is 0 Å². The first-order valence-electron chi connectivity index (χ1n) is 15.2. The minimum absolute atomic E-state index is 0.0371. The van der Waals surface area contributed by atoms with Crippen molar-refractivity contribution >= 4 is 12.1 Å². The maximum Gasteiger partial charge on any atom is 0.508 e. The molecule has 0 aromatic rings. The van der Waals surface area contributed by atoms with Crippen LogP contribution in [0, 0.1) is 0 Å². The van der Waals surface area contributed by atoms with Crippen molar-refractivity contribution in [3.63, 3.8) is 0 Å². The monoisotopic (exact) mass is 497 g/mol. The summed E-state index contributed by atoms with van der Waals surface area (Å²) in [6.07, 6.45) is 25.4. The van der Waals surface area contributed by atoms with Gasteiger partial charge in [0.2, 0.25) is 5.91 Å². The fourth-order valence-electron chi connectivity index (χ4n) is 4.27. The first-order chi connectivity index (χ1) is 17.1. The predicted molar refractivity (Wildman–Crippen MR) is 148 cm³/mol. The summed E-state index contributed by atoms with van der Waals surface area (Å²) in [6, 6.07) is 0. The maximum atomic E-state index is 12.0. The van der Waals surface area contributed by atoms with Crippen LogP contribution in [0.3, 0.4) is 0 Å². The smallest absolute Gasteiger partial charge is 0.434 e. The molecule has 35 heavy (non-hydrogen) atoms. The van der Waals surface area contributed by atoms with Crippen molar-refractivity contribution in [3.05, 3.63) is 0 Å². The van der Waals surface area contributed by atoms with E-state index >= 15 is 0 Å². The molecule has 208 valence electrons. The fraction of sp³-hybridized carbons (Fsp3) is 0.933. The lowest BCUT2D eigenvalue weighted by Crippen LogP contribution is -2.26. The zero-order chi connectivity index (χ0) is 25.8. The molecule has 1 unspecified atom stereocenters. The van der Waals surface area contributed by atoms with Gasteiger partial charge in [-0.2, -0.15) is 0 Å². The number of hydrogen-bond acceptors (Lipinski definition) is 4. The first kappa shape index (κ1) is 33.7. The third kappa shape index (κ3) is 27.2. The molecule has 0 fully saturated rings. The zero-order valence-electron chi connectivity index (χ0n) is 23.7. The number of unbranched alkanes of at least 4 members (excludes halogenated alkanes) is 18. The topological polar surface area (TPSA) is 64.6 Å². The Balaban J connectivity index is 3.43. The van der Waals surface area contributed by atoms with Gasteiger partial charge >= 0.3 is 6.16 Å². The lowest BCUT2D eigenvalue weighted by atomic mass is 10.1. The lowest BCUT2D eigenvalue weighted by molar-refractivity contribution is -0.121. The van der Waals surface area contributed by atoms with E-state index in [9.17, 15) is 9.59 Å². The summed E-state index contributed by atoms with van der Waals surface area (Å²) in [4.78, 5) is 23.8. The largest absolute Gasteiger partial charge is 0.508 e. The number of rotatable bonds is 26. The molecule has 5 nitrogen and oxygen atoms in total. The van der Waals surface area contributed by atoms with Gasteiger partial charge in [0.1, 0.15) is 6.10 Å². The standard InChI is InChI=1S/C30H59NO4/c1-4-6-8-10-12-14-16-18-20-22-26-31-29(32)25-24-28(3)35-30(33)34-27-23-21-19-17-15-13-11-9-7-5-2/h28H,4-27H2,1-3H3,(H,31,32). The molecular formula is C30H59NO4. The van der Waals surface area contributed by atoms with Crippen LogP contribution in [-0.2, 0) is 14.3 Å². The Morgan fingerprint density at radius 3 is 1.54 bits per heavy atom. The Morgan fingerprint density at radius 1 is 0.629 bits per heavy atom. The summed E-state index contributed by atoms with van der Waals surface area (Å²) >= 11 is 0. The molecule has 1 N–H and O–H groups in total. The molecule has 0 aromatic carbocycles. The highest BCUT2D eigenvalue weighted by Crippen LogP contribution is 2.12. The third-order valence-electron chi connectivity index (χ3n) is 6.65. The van der Waals surface area contributed by atoms with E-state index in [2.05, 4.69) is 19.2 Å². The second-order valence-electron chi connectivity index (χ2n) is 10.3. The van der Waals surface area contributed by atoms with Gasteiger partial charge in [0, 0.05) is 13.0 Å². The molecule has 0 saturated heterocycles. The van der Waals surface area contributed by atoms with Crippen LogP contribution in [0.1, 0.15) is 162 Å². The lowest BCUT2D eigenvalue weighted by Gasteiger charge is -2.13. The van der Waals surface area contributed by atoms with Crippen LogP contribution in [0.15, 0.2) is 0 Å². The Labute approximate surface area is 217 Å². The molecule has 1 amide bonds. The highest BCUT2D eigenvalue weighted by atomic mass is 16.7. The quantitative estimate of drug-likeness (QED) is 0.0955. The van der Waals surface area contributed by atoms with Gasteiger partial charge in [-0.1, -0.05) is 129 Å². The molecule has 0 heterocycles. The van der Waals surface area contributed by atoms with E-state index in [4.69, 9.17) is 9.47 Å². The normalized spacial score (nSPS) is 11.9. The Bertz CT molecular complexity index is 469. The molecule has 1 atom stereocenters. The van der Waals surface area contributed by atoms with Crippen LogP contribution >= 0.6 is 0 Å². The van der Waals surface area contributed by atoms with E-state index in [0.717, 1.165) is 25.8 Å². The van der Waals surface area contributed by atoms with E-state index in [0.29, 0.717) is 19.4 Å². The number of carbonyl (C=O) groups excluding carboxylic acids is 2. The van der Waals surface area contributed by atoms with E-state index in [1.54, 1.807) is 0 Å². The van der Waals surface area contributed by atoms with E-state index in [1.807, 2.05) is 6.92 Å². The van der Waals surface area contributed by atoms with Crippen LogP contribution in [-0.4, -0.2) is 31.3 Å². The predicted octanol–water partition coefficient (Wildman–Crippen LogP) is 9.27. The molecule has 0 bridgehead atoms. The Hall–Kier alpha value is -1.26. The second-order valence-corrected chi connectivity index (χ2v) is 10.3. The summed E-state index contributed by atoms with van der Waals surface area (Å²) in [5.41, 5.74) is 0. The Morgan fingerprint density at radius 2 is 1.06 bits per heavy atom. The van der Waals surface area contributed by atoms with Crippen LogP contribution in [0.5, 0.6) is 0 Å². The van der Waals surface area contributed by atoms with Crippen molar-refractivity contribution in [2.75, 3.05) is 13.2 Å². The van der Waals surface area contributed by atoms with Crippen LogP contribution in [0.2, 0.25) is 0 Å². The number of carbonyl (C=O) groups is 2. The molecule has 0 spiro atoms. The second kappa shape index (κ2) is 27.3. The number of ether oxygens (including phenoxy) is 2. The van der Waals surface area contributed by atoms with Crippen LogP contribution < -0.4 is 5.32 Å². The van der Waals surface area contributed by atoms with Gasteiger partial charge in [-0.15, -0.1) is 0 Å². The Kier molecular flexibility index (Phi) is 26.3. The van der Waals surface area contributed by atoms with Crippen LogP contribution in [0.25, 0.3) is 0 Å². The molecule has 0 saturated carbocycles. The van der Waals surface area contributed by atoms with Crippen molar-refractivity contribution in [2.45, 2.75) is 168 Å². The van der Waals surface area contributed by atoms with Gasteiger partial charge in [0.15, 0.2) is 0 Å². The van der Waals surface area contributed by atoms with Crippen LogP contribution in [0.4, 0.5) is 4.79 Å². The van der Waals surface area contributed by atoms with E-state index in [1.165, 1.54) is 109 Å². The van der Waals surface area contributed by atoms with Crippen molar-refractivity contribution < 1.29 is 19.1 Å². The summed E-state index contributed by atoms with van der Waals surface area (Å²) in [6.45, 7) is 7.48. The third-order valence-corrected chi connectivity index (χ3v) is 6.65. The SMILES string of the molecule is CCCCCCCCCCCCNC(=O)CCC(C)OC(=O)OCCCCCCCCCCCC. The van der Waals surface area contributed by atoms with Crippen molar-refractivity contribution in [1.82, 2.24) is 5.32 Å². The molecule has 0 aliphatic rings. The van der Waals surface area contributed by atoms with Crippen molar-refractivity contribution in [2.24, 2.45) is 0 Å². The fourth-order valence-corrected chi connectivity index (χ4v) is 4.27. The highest BCUT2D eigenvalue weighted by Gasteiger charge is 2.12. The summed E-state index contributed by atoms with van der Waals surface area (Å²) < 4.78 is 10.4. The average molecular weight is 498 g/mol. The van der Waals surface area contributed by atoms with E-state index in [-0.39, 0.29) is 12.0 Å². The summed E-state index contributed by atoms with van der Waals surface area (Å²) in [5.74, 6) is 0.0371. The van der Waals surface area contributed by atoms with Gasteiger partial charge in [-0.25, -0.2) is 4.79 Å². The molecule has 0 aliphatic carbocycles. The number of nitrogens with one attached hydrogen (secondary N) is 1.